The number of hydrogen-bond acceptors (Lipinski definition) is 3. The van der Waals surface area contributed by atoms with Crippen LogP contribution in [0.25, 0.3) is 0 Å². The summed E-state index contributed by atoms with van der Waals surface area (Å²) in [6.07, 6.45) is 0.638. The normalized spacial score (nSPS) is 12.1. The van der Waals surface area contributed by atoms with Crippen LogP contribution in [0.2, 0.25) is 0 Å². The first-order valence-electron chi connectivity index (χ1n) is 4.78. The number of H-pyrrole nitrogens is 1. The van der Waals surface area contributed by atoms with E-state index in [0.717, 1.165) is 0 Å². The second-order valence-electron chi connectivity index (χ2n) is 3.19. The number of aromatic nitrogens is 1. The average molecular weight is 210 g/mol. The first-order valence-corrected chi connectivity index (χ1v) is 4.78. The van der Waals surface area contributed by atoms with Gasteiger partial charge in [-0.25, -0.2) is 0 Å². The highest BCUT2D eigenvalue weighted by Crippen LogP contribution is 1.94. The summed E-state index contributed by atoms with van der Waals surface area (Å²) in [6.45, 7) is 1.74. The van der Waals surface area contributed by atoms with Crippen molar-refractivity contribution in [2.24, 2.45) is 0 Å². The molecule has 0 radical (unpaired) electrons. The quantitative estimate of drug-likeness (QED) is 0.647. The van der Waals surface area contributed by atoms with E-state index in [1.165, 1.54) is 18.2 Å². The van der Waals surface area contributed by atoms with E-state index in [0.29, 0.717) is 6.42 Å². The van der Waals surface area contributed by atoms with Crippen LogP contribution in [0.1, 0.15) is 23.8 Å². The third-order valence-electron chi connectivity index (χ3n) is 2.06. The summed E-state index contributed by atoms with van der Waals surface area (Å²) in [5.41, 5.74) is -0.117. The first kappa shape index (κ1) is 11.5. The van der Waals surface area contributed by atoms with Crippen LogP contribution in [0.3, 0.4) is 0 Å². The van der Waals surface area contributed by atoms with Gasteiger partial charge in [0.05, 0.1) is 12.6 Å². The Hall–Kier alpha value is -1.62. The Morgan fingerprint density at radius 2 is 2.33 bits per heavy atom. The van der Waals surface area contributed by atoms with Gasteiger partial charge in [0.1, 0.15) is 5.69 Å². The Labute approximate surface area is 87.1 Å². The molecular formula is C10H14N2O3. The standard InChI is InChI=1S/C10H14N2O3/c1-2-7(6-13)11-10(15)8-4-3-5-9(14)12-8/h3-5,7,13H,2,6H2,1H3,(H,11,15)(H,12,14)/t7-/m1/s1. The predicted octanol–water partition coefficient (Wildman–Crippen LogP) is -0.124. The van der Waals surface area contributed by atoms with Crippen molar-refractivity contribution < 1.29 is 9.90 Å². The lowest BCUT2D eigenvalue weighted by atomic mass is 10.2. The molecule has 1 aromatic rings. The van der Waals surface area contributed by atoms with Crippen LogP contribution in [0, 0.1) is 0 Å². The van der Waals surface area contributed by atoms with Gasteiger partial charge < -0.3 is 15.4 Å². The van der Waals surface area contributed by atoms with E-state index >= 15 is 0 Å². The van der Waals surface area contributed by atoms with Crippen molar-refractivity contribution in [2.45, 2.75) is 19.4 Å². The number of aliphatic hydroxyl groups is 1. The Morgan fingerprint density at radius 1 is 1.60 bits per heavy atom. The highest BCUT2D eigenvalue weighted by atomic mass is 16.3. The van der Waals surface area contributed by atoms with Crippen molar-refractivity contribution in [3.63, 3.8) is 0 Å². The zero-order chi connectivity index (χ0) is 11.3. The number of rotatable bonds is 4. The molecule has 3 N–H and O–H groups in total. The summed E-state index contributed by atoms with van der Waals surface area (Å²) < 4.78 is 0. The number of aliphatic hydroxyl groups excluding tert-OH is 1. The zero-order valence-corrected chi connectivity index (χ0v) is 8.49. The number of hydrogen-bond donors (Lipinski definition) is 3. The van der Waals surface area contributed by atoms with Gasteiger partial charge in [-0.3, -0.25) is 9.59 Å². The molecular weight excluding hydrogens is 196 g/mol. The second-order valence-corrected chi connectivity index (χ2v) is 3.19. The number of pyridine rings is 1. The molecule has 0 unspecified atom stereocenters. The number of amides is 1. The van der Waals surface area contributed by atoms with E-state index in [1.807, 2.05) is 6.92 Å². The number of aromatic amines is 1. The van der Waals surface area contributed by atoms with Crippen LogP contribution >= 0.6 is 0 Å². The summed E-state index contributed by atoms with van der Waals surface area (Å²) in [4.78, 5) is 24.9. The van der Waals surface area contributed by atoms with E-state index < -0.39 is 0 Å². The molecule has 0 spiro atoms. The van der Waals surface area contributed by atoms with Gasteiger partial charge in [-0.05, 0) is 12.5 Å². The monoisotopic (exact) mass is 210 g/mol. The van der Waals surface area contributed by atoms with E-state index in [9.17, 15) is 9.59 Å². The van der Waals surface area contributed by atoms with Crippen LogP contribution in [-0.2, 0) is 0 Å². The Bertz CT molecular complexity index is 382. The lowest BCUT2D eigenvalue weighted by molar-refractivity contribution is 0.0909. The molecule has 0 saturated heterocycles. The van der Waals surface area contributed by atoms with Crippen LogP contribution in [0.15, 0.2) is 23.0 Å². The van der Waals surface area contributed by atoms with Crippen LogP contribution in [0.4, 0.5) is 0 Å². The molecule has 5 nitrogen and oxygen atoms in total. The third kappa shape index (κ3) is 3.21. The minimum Gasteiger partial charge on any atom is -0.394 e. The molecule has 5 heteroatoms. The maximum atomic E-state index is 11.5. The van der Waals surface area contributed by atoms with Crippen molar-refractivity contribution in [1.29, 1.82) is 0 Å². The van der Waals surface area contributed by atoms with Crippen molar-refractivity contribution in [3.8, 4) is 0 Å². The summed E-state index contributed by atoms with van der Waals surface area (Å²) in [6, 6.07) is 4.08. The van der Waals surface area contributed by atoms with Crippen LogP contribution in [0.5, 0.6) is 0 Å². The summed E-state index contributed by atoms with van der Waals surface area (Å²) >= 11 is 0. The summed E-state index contributed by atoms with van der Waals surface area (Å²) in [5.74, 6) is -0.381. The molecule has 0 aromatic carbocycles. The molecule has 1 heterocycles. The van der Waals surface area contributed by atoms with Gasteiger partial charge in [0.25, 0.3) is 5.91 Å². The predicted molar refractivity (Wildman–Crippen MR) is 55.7 cm³/mol. The van der Waals surface area contributed by atoms with Gasteiger partial charge in [-0.1, -0.05) is 13.0 Å². The highest BCUT2D eigenvalue weighted by molar-refractivity contribution is 5.92. The van der Waals surface area contributed by atoms with Gasteiger partial charge in [-0.15, -0.1) is 0 Å². The third-order valence-corrected chi connectivity index (χ3v) is 2.06. The number of carbonyl (C=O) groups excluding carboxylic acids is 1. The fraction of sp³-hybridized carbons (Fsp3) is 0.400. The summed E-state index contributed by atoms with van der Waals surface area (Å²) in [7, 11) is 0. The number of nitrogens with one attached hydrogen (secondary N) is 2. The van der Waals surface area contributed by atoms with Gasteiger partial charge in [-0.2, -0.15) is 0 Å². The van der Waals surface area contributed by atoms with Gasteiger partial charge in [0.15, 0.2) is 0 Å². The van der Waals surface area contributed by atoms with Crippen molar-refractivity contribution in [3.05, 3.63) is 34.2 Å². The molecule has 0 bridgehead atoms. The fourth-order valence-corrected chi connectivity index (χ4v) is 1.12. The van der Waals surface area contributed by atoms with E-state index in [1.54, 1.807) is 0 Å². The first-order chi connectivity index (χ1) is 7.17. The molecule has 0 fully saturated rings. The minimum atomic E-state index is -0.381. The Balaban J connectivity index is 2.73. The molecule has 82 valence electrons. The Kier molecular flexibility index (Phi) is 4.05. The fourth-order valence-electron chi connectivity index (χ4n) is 1.12. The molecule has 0 aliphatic carbocycles. The molecule has 0 aliphatic rings. The van der Waals surface area contributed by atoms with E-state index in [-0.39, 0.29) is 29.8 Å². The largest absolute Gasteiger partial charge is 0.394 e. The molecule has 0 aliphatic heterocycles. The van der Waals surface area contributed by atoms with E-state index in [2.05, 4.69) is 10.3 Å². The summed E-state index contributed by atoms with van der Waals surface area (Å²) in [5, 5.41) is 11.5. The molecule has 0 saturated carbocycles. The second kappa shape index (κ2) is 5.31. The topological polar surface area (TPSA) is 82.2 Å². The lowest BCUT2D eigenvalue weighted by Crippen LogP contribution is -2.37. The zero-order valence-electron chi connectivity index (χ0n) is 8.49. The Morgan fingerprint density at radius 3 is 2.87 bits per heavy atom. The van der Waals surface area contributed by atoms with Crippen molar-refractivity contribution in [1.82, 2.24) is 10.3 Å². The smallest absolute Gasteiger partial charge is 0.268 e. The maximum absolute atomic E-state index is 11.5. The molecule has 1 rings (SSSR count). The molecule has 1 amide bonds. The van der Waals surface area contributed by atoms with E-state index in [4.69, 9.17) is 5.11 Å². The lowest BCUT2D eigenvalue weighted by Gasteiger charge is -2.13. The molecule has 1 atom stereocenters. The van der Waals surface area contributed by atoms with Gasteiger partial charge >= 0.3 is 0 Å². The number of carbonyl (C=O) groups is 1. The average Bonchev–Trinajstić information content (AvgIpc) is 2.25. The van der Waals surface area contributed by atoms with Gasteiger partial charge in [0, 0.05) is 6.07 Å². The van der Waals surface area contributed by atoms with Crippen LogP contribution < -0.4 is 10.9 Å². The van der Waals surface area contributed by atoms with Gasteiger partial charge in [0.2, 0.25) is 5.56 Å². The molecule has 15 heavy (non-hydrogen) atoms. The van der Waals surface area contributed by atoms with Crippen LogP contribution in [-0.4, -0.2) is 28.6 Å². The van der Waals surface area contributed by atoms with Crippen molar-refractivity contribution >= 4 is 5.91 Å². The highest BCUT2D eigenvalue weighted by Gasteiger charge is 2.11. The minimum absolute atomic E-state index is 0.112. The van der Waals surface area contributed by atoms with Crippen molar-refractivity contribution in [2.75, 3.05) is 6.61 Å². The SMILES string of the molecule is CC[C@H](CO)NC(=O)c1cccc(=O)[nH]1. The molecule has 1 aromatic heterocycles. The maximum Gasteiger partial charge on any atom is 0.268 e.